The van der Waals surface area contributed by atoms with Crippen LogP contribution in [0.25, 0.3) is 0 Å². The van der Waals surface area contributed by atoms with E-state index in [1.54, 1.807) is 36.4 Å². The minimum Gasteiger partial charge on any atom is -0.504 e. The molecule has 0 radical (unpaired) electrons. The van der Waals surface area contributed by atoms with Gasteiger partial charge < -0.3 is 19.9 Å². The quantitative estimate of drug-likeness (QED) is 0.351. The first-order valence-electron chi connectivity index (χ1n) is 7.76. The normalized spacial score (nSPS) is 10.5. The molecule has 0 atom stereocenters. The van der Waals surface area contributed by atoms with E-state index in [4.69, 9.17) is 9.47 Å². The smallest absolute Gasteiger partial charge is 0.249 e. The van der Waals surface area contributed by atoms with Gasteiger partial charge in [0.2, 0.25) is 11.8 Å². The van der Waals surface area contributed by atoms with Crippen LogP contribution in [0.1, 0.15) is 12.0 Å². The molecule has 2 amide bonds. The van der Waals surface area contributed by atoms with Crippen molar-refractivity contribution < 1.29 is 24.2 Å². The van der Waals surface area contributed by atoms with Gasteiger partial charge in [0.1, 0.15) is 12.2 Å². The number of para-hydroxylation sites is 2. The molecule has 0 heterocycles. The number of carbonyl (C=O) groups excluding carboxylic acids is 2. The molecule has 0 aliphatic carbocycles. The number of hydrogen-bond donors (Lipinski definition) is 3. The highest BCUT2D eigenvalue weighted by atomic mass is 79.9. The number of ether oxygens (including phenoxy) is 2. The first kappa shape index (κ1) is 20.2. The maximum absolute atomic E-state index is 12.0. The van der Waals surface area contributed by atoms with Gasteiger partial charge in [-0.05, 0) is 24.3 Å². The van der Waals surface area contributed by atoms with Crippen molar-refractivity contribution in [2.45, 2.75) is 6.42 Å². The van der Waals surface area contributed by atoms with Crippen molar-refractivity contribution in [3.05, 3.63) is 46.4 Å². The summed E-state index contributed by atoms with van der Waals surface area (Å²) < 4.78 is 10.8. The lowest BCUT2D eigenvalue weighted by atomic mass is 10.2. The summed E-state index contributed by atoms with van der Waals surface area (Å²) in [6.07, 6.45) is 0.821. The van der Waals surface area contributed by atoms with E-state index in [0.717, 1.165) is 0 Å². The van der Waals surface area contributed by atoms with Crippen LogP contribution in [-0.2, 0) is 9.59 Å². The van der Waals surface area contributed by atoms with E-state index in [2.05, 4.69) is 31.8 Å². The van der Waals surface area contributed by atoms with Crippen molar-refractivity contribution in [1.29, 1.82) is 0 Å². The van der Waals surface area contributed by atoms with Crippen molar-refractivity contribution >= 4 is 39.6 Å². The second-order valence-corrected chi connectivity index (χ2v) is 6.18. The number of halogens is 1. The summed E-state index contributed by atoms with van der Waals surface area (Å²) >= 11 is 3.28. The number of carbonyl (C=O) groups is 2. The predicted molar refractivity (Wildman–Crippen MR) is 104 cm³/mol. The minimum absolute atomic E-state index is 0.118. The largest absolute Gasteiger partial charge is 0.504 e. The molecule has 9 heteroatoms. The number of methoxy groups -OCH3 is 2. The van der Waals surface area contributed by atoms with Crippen LogP contribution in [0.15, 0.2) is 46.0 Å². The summed E-state index contributed by atoms with van der Waals surface area (Å²) in [5.74, 6) is -0.497. The van der Waals surface area contributed by atoms with Gasteiger partial charge >= 0.3 is 0 Å². The standard InChI is InChI=1S/C18H18BrN3O5/c1-26-14-6-4-3-5-13(14)21-16(23)9-17(24)22-20-10-11-7-12(19)8-15(27-2)18(11)25/h3-8,10,25H,9H2,1-2H3,(H,21,23)(H,22,24)/b20-10+. The molecular weight excluding hydrogens is 418 g/mol. The summed E-state index contributed by atoms with van der Waals surface area (Å²) in [5, 5.41) is 16.4. The number of nitrogens with one attached hydrogen (secondary N) is 2. The predicted octanol–water partition coefficient (Wildman–Crippen LogP) is 2.65. The van der Waals surface area contributed by atoms with Crippen LogP contribution in [0.4, 0.5) is 5.69 Å². The third kappa shape index (κ3) is 5.71. The molecule has 0 aliphatic rings. The van der Waals surface area contributed by atoms with Crippen LogP contribution >= 0.6 is 15.9 Å². The molecule has 0 saturated carbocycles. The van der Waals surface area contributed by atoms with Gasteiger partial charge in [-0.1, -0.05) is 28.1 Å². The number of amides is 2. The van der Waals surface area contributed by atoms with Crippen molar-refractivity contribution in [3.63, 3.8) is 0 Å². The zero-order chi connectivity index (χ0) is 19.8. The second-order valence-electron chi connectivity index (χ2n) is 5.26. The molecule has 0 fully saturated rings. The molecular formula is C18H18BrN3O5. The molecule has 142 valence electrons. The fourth-order valence-corrected chi connectivity index (χ4v) is 2.60. The van der Waals surface area contributed by atoms with Crippen molar-refractivity contribution in [3.8, 4) is 17.2 Å². The Morgan fingerprint density at radius 2 is 1.85 bits per heavy atom. The molecule has 27 heavy (non-hydrogen) atoms. The molecule has 2 rings (SSSR count). The first-order chi connectivity index (χ1) is 12.9. The molecule has 2 aromatic rings. The average Bonchev–Trinajstić information content (AvgIpc) is 2.64. The number of phenols is 1. The summed E-state index contributed by atoms with van der Waals surface area (Å²) in [4.78, 5) is 23.8. The molecule has 0 aliphatic heterocycles. The number of benzene rings is 2. The highest BCUT2D eigenvalue weighted by Crippen LogP contribution is 2.32. The minimum atomic E-state index is -0.611. The molecule has 8 nitrogen and oxygen atoms in total. The number of phenolic OH excluding ortho intramolecular Hbond substituents is 1. The summed E-state index contributed by atoms with van der Waals surface area (Å²) in [6.45, 7) is 0. The van der Waals surface area contributed by atoms with E-state index in [-0.39, 0.29) is 11.5 Å². The zero-order valence-corrected chi connectivity index (χ0v) is 16.2. The number of aromatic hydroxyl groups is 1. The summed E-state index contributed by atoms with van der Waals surface area (Å²) in [7, 11) is 2.91. The number of rotatable bonds is 7. The zero-order valence-electron chi connectivity index (χ0n) is 14.7. The van der Waals surface area contributed by atoms with Gasteiger partial charge in [-0.15, -0.1) is 0 Å². The average molecular weight is 436 g/mol. The second kappa shape index (κ2) is 9.58. The molecule has 0 unspecified atom stereocenters. The van der Waals surface area contributed by atoms with Crippen LogP contribution in [0.3, 0.4) is 0 Å². The van der Waals surface area contributed by atoms with E-state index in [1.165, 1.54) is 20.4 Å². The Hall–Kier alpha value is -3.07. The van der Waals surface area contributed by atoms with Gasteiger partial charge in [0.15, 0.2) is 11.5 Å². The summed E-state index contributed by atoms with van der Waals surface area (Å²) in [6, 6.07) is 10.0. The maximum Gasteiger partial charge on any atom is 0.249 e. The SMILES string of the molecule is COc1ccccc1NC(=O)CC(=O)N/N=C/c1cc(Br)cc(OC)c1O. The molecule has 0 spiro atoms. The number of hydrogen-bond acceptors (Lipinski definition) is 6. The van der Waals surface area contributed by atoms with Gasteiger partial charge in [-0.3, -0.25) is 9.59 Å². The van der Waals surface area contributed by atoms with E-state index in [0.29, 0.717) is 21.5 Å². The number of hydrazone groups is 1. The van der Waals surface area contributed by atoms with Gasteiger partial charge in [0.05, 0.1) is 26.1 Å². The van der Waals surface area contributed by atoms with E-state index in [9.17, 15) is 14.7 Å². The van der Waals surface area contributed by atoms with E-state index in [1.807, 2.05) is 0 Å². The van der Waals surface area contributed by atoms with Crippen molar-refractivity contribution in [2.75, 3.05) is 19.5 Å². The molecule has 0 saturated heterocycles. The van der Waals surface area contributed by atoms with Crippen LogP contribution in [0.2, 0.25) is 0 Å². The highest BCUT2D eigenvalue weighted by molar-refractivity contribution is 9.10. The molecule has 0 bridgehead atoms. The van der Waals surface area contributed by atoms with Crippen molar-refractivity contribution in [1.82, 2.24) is 5.43 Å². The Morgan fingerprint density at radius 3 is 2.56 bits per heavy atom. The Labute approximate surface area is 164 Å². The van der Waals surface area contributed by atoms with E-state index >= 15 is 0 Å². The van der Waals surface area contributed by atoms with Gasteiger partial charge in [-0.2, -0.15) is 5.10 Å². The Bertz CT molecular complexity index is 870. The summed E-state index contributed by atoms with van der Waals surface area (Å²) in [5.41, 5.74) is 3.03. The topological polar surface area (TPSA) is 109 Å². The fourth-order valence-electron chi connectivity index (χ4n) is 2.15. The first-order valence-corrected chi connectivity index (χ1v) is 8.55. The third-order valence-corrected chi connectivity index (χ3v) is 3.84. The highest BCUT2D eigenvalue weighted by Gasteiger charge is 2.12. The number of nitrogens with zero attached hydrogens (tertiary/aromatic N) is 1. The van der Waals surface area contributed by atoms with Crippen molar-refractivity contribution in [2.24, 2.45) is 5.10 Å². The maximum atomic E-state index is 12.0. The molecule has 3 N–H and O–H groups in total. The van der Waals surface area contributed by atoms with Gasteiger partial charge in [-0.25, -0.2) is 5.43 Å². The fraction of sp³-hybridized carbons (Fsp3) is 0.167. The molecule has 0 aromatic heterocycles. The van der Waals surface area contributed by atoms with Crippen LogP contribution in [0.5, 0.6) is 17.2 Å². The lowest BCUT2D eigenvalue weighted by Crippen LogP contribution is -2.24. The lowest BCUT2D eigenvalue weighted by Gasteiger charge is -2.09. The monoisotopic (exact) mass is 435 g/mol. The molecule has 2 aromatic carbocycles. The number of anilines is 1. The Balaban J connectivity index is 1.93. The Morgan fingerprint density at radius 1 is 1.15 bits per heavy atom. The van der Waals surface area contributed by atoms with Crippen LogP contribution < -0.4 is 20.2 Å². The third-order valence-electron chi connectivity index (χ3n) is 3.38. The van der Waals surface area contributed by atoms with Gasteiger partial charge in [0.25, 0.3) is 0 Å². The Kier molecular flexibility index (Phi) is 7.18. The van der Waals surface area contributed by atoms with Crippen LogP contribution in [-0.4, -0.2) is 37.4 Å². The van der Waals surface area contributed by atoms with Crippen LogP contribution in [0, 0.1) is 0 Å². The van der Waals surface area contributed by atoms with Gasteiger partial charge in [0, 0.05) is 10.0 Å². The lowest BCUT2D eigenvalue weighted by molar-refractivity contribution is -0.126. The van der Waals surface area contributed by atoms with E-state index < -0.39 is 18.2 Å².